The maximum Gasteiger partial charge on any atom is 0.312 e. The van der Waals surface area contributed by atoms with E-state index in [9.17, 15) is 4.79 Å². The van der Waals surface area contributed by atoms with Crippen LogP contribution < -0.4 is 0 Å². The normalized spacial score (nSPS) is 39.2. The summed E-state index contributed by atoms with van der Waals surface area (Å²) < 4.78 is 6.22. The first-order chi connectivity index (χ1) is 16.6. The molecule has 0 radical (unpaired) electrons. The van der Waals surface area contributed by atoms with Gasteiger partial charge in [-0.2, -0.15) is 0 Å². The Bertz CT molecular complexity index is 1190. The SMILES string of the molecule is CC1C=CC=CC1[C@]12CC3(C(=O)OC(C)(C)C)CC(c4ccccc4)(CC1(c1ccccc1)C3)C2. The zero-order valence-electron chi connectivity index (χ0n) is 21.6. The van der Waals surface area contributed by atoms with E-state index >= 15 is 0 Å². The van der Waals surface area contributed by atoms with Gasteiger partial charge in [0, 0.05) is 5.41 Å². The minimum absolute atomic E-state index is 0.0139. The first-order valence-corrected chi connectivity index (χ1v) is 13.3. The molecule has 0 aliphatic heterocycles. The highest BCUT2D eigenvalue weighted by Crippen LogP contribution is 2.83. The van der Waals surface area contributed by atoms with Crippen molar-refractivity contribution in [2.75, 3.05) is 0 Å². The smallest absolute Gasteiger partial charge is 0.312 e. The lowest BCUT2D eigenvalue weighted by Gasteiger charge is -2.50. The summed E-state index contributed by atoms with van der Waals surface area (Å²) in [6.07, 6.45) is 14.2. The Hall–Kier alpha value is -2.61. The van der Waals surface area contributed by atoms with Crippen molar-refractivity contribution in [3.8, 4) is 0 Å². The van der Waals surface area contributed by atoms with Crippen molar-refractivity contribution >= 4 is 5.97 Å². The summed E-state index contributed by atoms with van der Waals surface area (Å²) in [7, 11) is 0. The van der Waals surface area contributed by atoms with E-state index in [0.29, 0.717) is 11.8 Å². The summed E-state index contributed by atoms with van der Waals surface area (Å²) >= 11 is 0. The summed E-state index contributed by atoms with van der Waals surface area (Å²) in [5.74, 6) is 0.875. The average molecular weight is 467 g/mol. The number of carbonyl (C=O) groups is 1. The van der Waals surface area contributed by atoms with Gasteiger partial charge in [0.05, 0.1) is 5.41 Å². The maximum atomic E-state index is 14.2. The van der Waals surface area contributed by atoms with Crippen molar-refractivity contribution in [1.29, 1.82) is 0 Å². The third-order valence-corrected chi connectivity index (χ3v) is 9.81. The molecule has 5 unspecified atom stereocenters. The lowest BCUT2D eigenvalue weighted by molar-refractivity contribution is -0.172. The van der Waals surface area contributed by atoms with E-state index in [0.717, 1.165) is 32.1 Å². The number of hydrogen-bond donors (Lipinski definition) is 0. The van der Waals surface area contributed by atoms with E-state index in [2.05, 4.69) is 91.9 Å². The van der Waals surface area contributed by atoms with Gasteiger partial charge in [-0.3, -0.25) is 4.79 Å². The highest BCUT2D eigenvalue weighted by molar-refractivity contribution is 5.80. The molecule has 0 spiro atoms. The van der Waals surface area contributed by atoms with Gasteiger partial charge in [0.25, 0.3) is 0 Å². The molecule has 6 atom stereocenters. The Morgan fingerprint density at radius 2 is 1.43 bits per heavy atom. The predicted octanol–water partition coefficient (Wildman–Crippen LogP) is 7.55. The fourth-order valence-electron chi connectivity index (χ4n) is 9.11. The van der Waals surface area contributed by atoms with Crippen molar-refractivity contribution in [3.05, 3.63) is 96.1 Å². The van der Waals surface area contributed by atoms with Gasteiger partial charge in [-0.1, -0.05) is 91.9 Å². The lowest BCUT2D eigenvalue weighted by atomic mass is 9.54. The van der Waals surface area contributed by atoms with Gasteiger partial charge in [-0.05, 0) is 86.7 Å². The van der Waals surface area contributed by atoms with Crippen LogP contribution in [0.15, 0.2) is 85.0 Å². The van der Waals surface area contributed by atoms with Crippen LogP contribution in [0.25, 0.3) is 0 Å². The van der Waals surface area contributed by atoms with E-state index in [4.69, 9.17) is 4.74 Å². The number of rotatable bonds is 4. The lowest BCUT2D eigenvalue weighted by Crippen LogP contribution is -2.48. The Kier molecular flexibility index (Phi) is 4.86. The van der Waals surface area contributed by atoms with Crippen LogP contribution in [-0.4, -0.2) is 11.6 Å². The van der Waals surface area contributed by atoms with Crippen LogP contribution in [-0.2, 0) is 20.4 Å². The summed E-state index contributed by atoms with van der Waals surface area (Å²) in [4.78, 5) is 14.2. The summed E-state index contributed by atoms with van der Waals surface area (Å²) in [5, 5.41) is 0. The Morgan fingerprint density at radius 1 is 0.800 bits per heavy atom. The predicted molar refractivity (Wildman–Crippen MR) is 141 cm³/mol. The average Bonchev–Trinajstić information content (AvgIpc) is 3.18. The third-order valence-electron chi connectivity index (χ3n) is 9.81. The second-order valence-electron chi connectivity index (χ2n) is 13.1. The van der Waals surface area contributed by atoms with Crippen LogP contribution in [0, 0.1) is 22.7 Å². The van der Waals surface area contributed by atoms with Crippen molar-refractivity contribution in [2.45, 2.75) is 76.2 Å². The number of allylic oxidation sites excluding steroid dienone is 4. The molecule has 35 heavy (non-hydrogen) atoms. The number of carbonyl (C=O) groups excluding carboxylic acids is 1. The molecule has 2 heteroatoms. The van der Waals surface area contributed by atoms with E-state index in [1.807, 2.05) is 20.8 Å². The fraction of sp³-hybridized carbons (Fsp3) is 0.485. The third kappa shape index (κ3) is 3.18. The molecular formula is C33H38O2. The molecule has 5 aliphatic rings. The Morgan fingerprint density at radius 3 is 2.06 bits per heavy atom. The molecule has 0 amide bonds. The van der Waals surface area contributed by atoms with E-state index in [-0.39, 0.29) is 22.2 Å². The minimum Gasteiger partial charge on any atom is -0.460 e. The van der Waals surface area contributed by atoms with Gasteiger partial charge >= 0.3 is 5.97 Å². The Balaban J connectivity index is 1.60. The van der Waals surface area contributed by atoms with Crippen molar-refractivity contribution < 1.29 is 9.53 Å². The number of ether oxygens (including phenoxy) is 1. The number of benzene rings is 2. The molecule has 0 heterocycles. The molecule has 0 N–H and O–H groups in total. The molecule has 2 nitrogen and oxygen atoms in total. The van der Waals surface area contributed by atoms with Gasteiger partial charge in [-0.25, -0.2) is 0 Å². The standard InChI is InChI=1S/C33H38O2/c1-24-13-11-12-18-27(24)33-21-30(25-14-7-5-8-15-25)19-31(23-33,28(34)35-29(2,3)4)22-32(33,20-30)26-16-9-6-10-17-26/h5-18,24,27H,19-23H2,1-4H3/t24?,27?,30?,31?,32?,33-/m0/s1. The topological polar surface area (TPSA) is 26.3 Å². The fourth-order valence-corrected chi connectivity index (χ4v) is 9.11. The van der Waals surface area contributed by atoms with Gasteiger partial charge in [0.2, 0.25) is 0 Å². The van der Waals surface area contributed by atoms with Gasteiger partial charge in [0.1, 0.15) is 5.60 Å². The molecule has 4 fully saturated rings. The molecule has 0 aromatic heterocycles. The molecule has 182 valence electrons. The minimum atomic E-state index is -0.487. The first-order valence-electron chi connectivity index (χ1n) is 13.3. The van der Waals surface area contributed by atoms with Gasteiger partial charge in [-0.15, -0.1) is 0 Å². The van der Waals surface area contributed by atoms with Crippen LogP contribution in [0.5, 0.6) is 0 Å². The Labute approximate surface area is 210 Å². The van der Waals surface area contributed by atoms with Crippen LogP contribution in [0.4, 0.5) is 0 Å². The highest BCUT2D eigenvalue weighted by atomic mass is 16.6. The van der Waals surface area contributed by atoms with Gasteiger partial charge in [0.15, 0.2) is 0 Å². The summed E-state index contributed by atoms with van der Waals surface area (Å²) in [6.45, 7) is 8.38. The molecule has 5 aliphatic carbocycles. The molecular weight excluding hydrogens is 428 g/mol. The second kappa shape index (κ2) is 7.45. The monoisotopic (exact) mass is 466 g/mol. The number of hydrogen-bond acceptors (Lipinski definition) is 2. The maximum absolute atomic E-state index is 14.2. The number of esters is 1. The second-order valence-corrected chi connectivity index (χ2v) is 13.1. The van der Waals surface area contributed by atoms with E-state index in [1.54, 1.807) is 0 Å². The largest absolute Gasteiger partial charge is 0.460 e. The van der Waals surface area contributed by atoms with Crippen molar-refractivity contribution in [2.24, 2.45) is 22.7 Å². The molecule has 4 saturated carbocycles. The van der Waals surface area contributed by atoms with Gasteiger partial charge < -0.3 is 4.74 Å². The molecule has 2 aromatic carbocycles. The zero-order chi connectivity index (χ0) is 24.5. The van der Waals surface area contributed by atoms with Crippen molar-refractivity contribution in [1.82, 2.24) is 0 Å². The first kappa shape index (κ1) is 22.8. The van der Waals surface area contributed by atoms with Crippen LogP contribution in [0.3, 0.4) is 0 Å². The van der Waals surface area contributed by atoms with E-state index < -0.39 is 11.0 Å². The molecule has 4 bridgehead atoms. The molecule has 0 saturated heterocycles. The highest BCUT2D eigenvalue weighted by Gasteiger charge is 2.80. The summed E-state index contributed by atoms with van der Waals surface area (Å²) in [6, 6.07) is 22.2. The van der Waals surface area contributed by atoms with Crippen LogP contribution in [0.1, 0.15) is 70.9 Å². The van der Waals surface area contributed by atoms with Crippen molar-refractivity contribution in [3.63, 3.8) is 0 Å². The molecule has 7 rings (SSSR count). The van der Waals surface area contributed by atoms with E-state index in [1.165, 1.54) is 11.1 Å². The zero-order valence-corrected chi connectivity index (χ0v) is 21.6. The van der Waals surface area contributed by atoms with Crippen LogP contribution >= 0.6 is 0 Å². The molecule has 2 aromatic rings. The van der Waals surface area contributed by atoms with Crippen LogP contribution in [0.2, 0.25) is 0 Å². The quantitative estimate of drug-likeness (QED) is 0.435. The summed E-state index contributed by atoms with van der Waals surface area (Å²) in [5.41, 5.74) is 1.83.